The highest BCUT2D eigenvalue weighted by atomic mass is 31.2. The average Bonchev–Trinajstić information content (AvgIpc) is 3.09. The van der Waals surface area contributed by atoms with Crippen LogP contribution < -0.4 is 35.4 Å². The second-order valence-corrected chi connectivity index (χ2v) is 14.4. The fourth-order valence-electron chi connectivity index (χ4n) is 5.70. The van der Waals surface area contributed by atoms with Gasteiger partial charge in [0, 0.05) is 12.6 Å². The largest absolute Gasteiger partial charge is 0.493 e. The van der Waals surface area contributed by atoms with Crippen LogP contribution in [0.5, 0.6) is 17.2 Å². The van der Waals surface area contributed by atoms with Gasteiger partial charge in [0.25, 0.3) is 0 Å². The number of unbranched alkanes of at least 4 members (excludes halogenated alkanes) is 5. The van der Waals surface area contributed by atoms with E-state index in [1.165, 1.54) is 47.8 Å². The number of carbonyl (C=O) groups excluding carboxylic acids is 1. The molecule has 0 unspecified atom stereocenters. The Kier molecular flexibility index (Phi) is 12.9. The summed E-state index contributed by atoms with van der Waals surface area (Å²) in [7, 11) is 2.97. The summed E-state index contributed by atoms with van der Waals surface area (Å²) in [4.78, 5) is 12.4. The van der Waals surface area contributed by atoms with Gasteiger partial charge in [-0.1, -0.05) is 73.9 Å². The molecule has 0 aliphatic heterocycles. The van der Waals surface area contributed by atoms with Crippen molar-refractivity contribution in [2.75, 3.05) is 34.0 Å². The maximum Gasteiger partial charge on any atom is 0.243 e. The average molecular weight is 611 g/mol. The van der Waals surface area contributed by atoms with Gasteiger partial charge in [0.1, 0.15) is 23.2 Å². The minimum Gasteiger partial charge on any atom is -0.493 e. The van der Waals surface area contributed by atoms with Gasteiger partial charge in [0.15, 0.2) is 11.5 Å². The highest BCUT2D eigenvalue weighted by molar-refractivity contribution is 7.95. The van der Waals surface area contributed by atoms with Crippen LogP contribution in [0.25, 0.3) is 6.08 Å². The van der Waals surface area contributed by atoms with Crippen molar-refractivity contribution in [1.82, 2.24) is 5.32 Å². The zero-order valence-corrected chi connectivity index (χ0v) is 27.1. The summed E-state index contributed by atoms with van der Waals surface area (Å²) >= 11 is 0. The molecule has 0 fully saturated rings. The number of carbonyl (C=O) groups is 1. The molecule has 0 aromatic heterocycles. The summed E-state index contributed by atoms with van der Waals surface area (Å²) in [6.07, 6.45) is 11.3. The molecule has 0 spiro atoms. The molecule has 0 bridgehead atoms. The first-order chi connectivity index (χ1) is 21.6. The van der Waals surface area contributed by atoms with Crippen molar-refractivity contribution in [2.45, 2.75) is 38.5 Å². The number of nitrogens with one attached hydrogen (secondary N) is 1. The Hall–Kier alpha value is -4.08. The van der Waals surface area contributed by atoms with Crippen LogP contribution in [0.15, 0.2) is 109 Å². The van der Waals surface area contributed by atoms with E-state index in [1.807, 2.05) is 12.1 Å². The van der Waals surface area contributed by atoms with Crippen LogP contribution in [0.4, 0.5) is 0 Å². The zero-order chi connectivity index (χ0) is 31.0. The smallest absolute Gasteiger partial charge is 0.243 e. The molecular weight excluding hydrogens is 565 g/mol. The van der Waals surface area contributed by atoms with E-state index in [2.05, 4.69) is 96.3 Å². The Morgan fingerprint density at radius 3 is 1.55 bits per heavy atom. The van der Waals surface area contributed by atoms with E-state index < -0.39 is 7.26 Å². The lowest BCUT2D eigenvalue weighted by Gasteiger charge is -2.27. The lowest BCUT2D eigenvalue weighted by atomic mass is 10.1. The molecule has 0 aliphatic rings. The second-order valence-electron chi connectivity index (χ2n) is 10.7. The summed E-state index contributed by atoms with van der Waals surface area (Å²) in [6.45, 7) is 0.670. The minimum absolute atomic E-state index is 0.109. The van der Waals surface area contributed by atoms with Crippen molar-refractivity contribution in [1.29, 1.82) is 0 Å². The first-order valence-electron chi connectivity index (χ1n) is 15.4. The molecule has 0 atom stereocenters. The van der Waals surface area contributed by atoms with Crippen LogP contribution in [0.3, 0.4) is 0 Å². The summed E-state index contributed by atoms with van der Waals surface area (Å²) in [5, 5.41) is 7.35. The van der Waals surface area contributed by atoms with Crippen molar-refractivity contribution >= 4 is 35.2 Å². The summed E-state index contributed by atoms with van der Waals surface area (Å²) in [5.41, 5.74) is 0.799. The normalized spacial score (nSPS) is 11.3. The van der Waals surface area contributed by atoms with Crippen LogP contribution in [0.2, 0.25) is 0 Å². The van der Waals surface area contributed by atoms with Crippen LogP contribution in [-0.2, 0) is 4.79 Å². The molecule has 0 aliphatic carbocycles. The highest BCUT2D eigenvalue weighted by Gasteiger charge is 2.44. The first kappa shape index (κ1) is 32.8. The van der Waals surface area contributed by atoms with Gasteiger partial charge >= 0.3 is 0 Å². The standard InChI is InChI=1S/C38H44NO4P/c1-41-35-29-31(30-36(42-2)38(35)43-3)25-26-37(40)39-27-17-6-4-5-7-18-28-44(32-19-11-8-12-20-32,33-21-13-9-14-22-33)34-23-15-10-16-24-34/h8-16,19-26,29-30H,4-7,17-18,27-28H2,1-3H3/p+1. The number of benzene rings is 4. The van der Waals surface area contributed by atoms with E-state index in [-0.39, 0.29) is 5.91 Å². The van der Waals surface area contributed by atoms with Gasteiger partial charge < -0.3 is 19.5 Å². The van der Waals surface area contributed by atoms with Gasteiger partial charge in [-0.05, 0) is 79.4 Å². The van der Waals surface area contributed by atoms with Crippen molar-refractivity contribution in [3.8, 4) is 17.2 Å². The van der Waals surface area contributed by atoms with E-state index in [9.17, 15) is 4.79 Å². The highest BCUT2D eigenvalue weighted by Crippen LogP contribution is 2.56. The molecule has 6 heteroatoms. The third-order valence-electron chi connectivity index (χ3n) is 7.92. The molecule has 0 radical (unpaired) electrons. The molecule has 4 aromatic rings. The van der Waals surface area contributed by atoms with Gasteiger partial charge in [0.2, 0.25) is 11.7 Å². The predicted octanol–water partition coefficient (Wildman–Crippen LogP) is 7.18. The SMILES string of the molecule is COc1cc(C=CC(=O)NCCCCCCCC[P+](c2ccccc2)(c2ccccc2)c2ccccc2)cc(OC)c1OC. The Morgan fingerprint density at radius 2 is 1.09 bits per heavy atom. The van der Waals surface area contributed by atoms with Crippen molar-refractivity contribution in [3.63, 3.8) is 0 Å². The lowest BCUT2D eigenvalue weighted by molar-refractivity contribution is -0.116. The molecule has 0 saturated carbocycles. The maximum absolute atomic E-state index is 12.4. The Bertz CT molecular complexity index is 1340. The topological polar surface area (TPSA) is 56.8 Å². The molecular formula is C38H45NO4P+. The van der Waals surface area contributed by atoms with E-state index in [0.29, 0.717) is 23.8 Å². The van der Waals surface area contributed by atoms with Gasteiger partial charge in [-0.2, -0.15) is 0 Å². The Balaban J connectivity index is 1.24. The second kappa shape index (κ2) is 17.3. The molecule has 5 nitrogen and oxygen atoms in total. The lowest BCUT2D eigenvalue weighted by Crippen LogP contribution is -2.33. The van der Waals surface area contributed by atoms with Gasteiger partial charge in [-0.15, -0.1) is 0 Å². The van der Waals surface area contributed by atoms with Crippen LogP contribution in [-0.4, -0.2) is 39.9 Å². The predicted molar refractivity (Wildman–Crippen MR) is 186 cm³/mol. The van der Waals surface area contributed by atoms with E-state index in [4.69, 9.17) is 14.2 Å². The Morgan fingerprint density at radius 1 is 0.636 bits per heavy atom. The monoisotopic (exact) mass is 610 g/mol. The van der Waals surface area contributed by atoms with E-state index >= 15 is 0 Å². The fourth-order valence-corrected chi connectivity index (χ4v) is 10.1. The van der Waals surface area contributed by atoms with E-state index in [1.54, 1.807) is 33.5 Å². The zero-order valence-electron chi connectivity index (χ0n) is 26.2. The summed E-state index contributed by atoms with van der Waals surface area (Å²) < 4.78 is 16.1. The molecule has 4 aromatic carbocycles. The third-order valence-corrected chi connectivity index (χ3v) is 12.5. The minimum atomic E-state index is -1.75. The van der Waals surface area contributed by atoms with Crippen molar-refractivity contribution < 1.29 is 19.0 Å². The van der Waals surface area contributed by atoms with Gasteiger partial charge in [-0.25, -0.2) is 0 Å². The molecule has 4 rings (SSSR count). The molecule has 44 heavy (non-hydrogen) atoms. The number of ether oxygens (including phenoxy) is 3. The quantitative estimate of drug-likeness (QED) is 0.0782. The molecule has 230 valence electrons. The van der Waals surface area contributed by atoms with Gasteiger partial charge in [-0.3, -0.25) is 4.79 Å². The maximum atomic E-state index is 12.4. The number of rotatable bonds is 17. The number of methoxy groups -OCH3 is 3. The third kappa shape index (κ3) is 8.51. The molecule has 1 amide bonds. The van der Waals surface area contributed by atoms with Crippen molar-refractivity contribution in [3.05, 3.63) is 115 Å². The van der Waals surface area contributed by atoms with E-state index in [0.717, 1.165) is 18.4 Å². The van der Waals surface area contributed by atoms with Crippen molar-refractivity contribution in [2.24, 2.45) is 0 Å². The summed E-state index contributed by atoms with van der Waals surface area (Å²) in [5.74, 6) is 1.53. The number of hydrogen-bond donors (Lipinski definition) is 1. The number of hydrogen-bond acceptors (Lipinski definition) is 4. The fraction of sp³-hybridized carbons (Fsp3) is 0.289. The molecule has 0 saturated heterocycles. The number of amides is 1. The first-order valence-corrected chi connectivity index (χ1v) is 17.4. The molecule has 0 heterocycles. The van der Waals surface area contributed by atoms with Gasteiger partial charge in [0.05, 0.1) is 27.5 Å². The summed E-state index contributed by atoms with van der Waals surface area (Å²) in [6, 6.07) is 37.0. The van der Waals surface area contributed by atoms with Crippen LogP contribution in [0.1, 0.15) is 44.1 Å². The molecule has 1 N–H and O–H groups in total. The van der Waals surface area contributed by atoms with Crippen LogP contribution >= 0.6 is 7.26 Å². The van der Waals surface area contributed by atoms with Crippen LogP contribution in [0, 0.1) is 0 Å². The Labute approximate surface area is 263 Å².